The van der Waals surface area contributed by atoms with Gasteiger partial charge >= 0.3 is 0 Å². The van der Waals surface area contributed by atoms with E-state index in [0.29, 0.717) is 5.56 Å². The molecule has 0 spiro atoms. The van der Waals surface area contributed by atoms with E-state index in [4.69, 9.17) is 26.8 Å². The second-order valence-corrected chi connectivity index (χ2v) is 7.26. The van der Waals surface area contributed by atoms with Gasteiger partial charge in [-0.15, -0.1) is 0 Å². The van der Waals surface area contributed by atoms with Crippen LogP contribution in [0.15, 0.2) is 17.0 Å². The zero-order chi connectivity index (χ0) is 16.3. The Bertz CT molecular complexity index is 602. The van der Waals surface area contributed by atoms with E-state index in [0.717, 1.165) is 0 Å². The normalized spacial score (nSPS) is 12.5. The highest BCUT2D eigenvalue weighted by molar-refractivity contribution is 7.89. The molecule has 0 amide bonds. The van der Waals surface area contributed by atoms with Gasteiger partial charge in [0.15, 0.2) is 0 Å². The smallest absolute Gasteiger partial charge is 0.244 e. The van der Waals surface area contributed by atoms with Crippen LogP contribution < -0.4 is 15.2 Å². The molecule has 120 valence electrons. The van der Waals surface area contributed by atoms with Gasteiger partial charge in [0.2, 0.25) is 10.0 Å². The molecule has 0 saturated heterocycles. The summed E-state index contributed by atoms with van der Waals surface area (Å²) in [6, 6.07) is 2.92. The Labute approximate surface area is 130 Å². The van der Waals surface area contributed by atoms with E-state index in [9.17, 15) is 8.42 Å². The highest BCUT2D eigenvalue weighted by Gasteiger charge is 2.26. The summed E-state index contributed by atoms with van der Waals surface area (Å²) in [6.45, 7) is 3.78. The Morgan fingerprint density at radius 3 is 2.43 bits per heavy atom. The number of hydrogen-bond donors (Lipinski definition) is 2. The Balaban J connectivity index is 3.22. The highest BCUT2D eigenvalue weighted by Crippen LogP contribution is 2.31. The molecule has 0 radical (unpaired) electrons. The number of methoxy groups -OCH3 is 2. The van der Waals surface area contributed by atoms with Gasteiger partial charge in [-0.2, -0.15) is 0 Å². The molecule has 0 aliphatic heterocycles. The Morgan fingerprint density at radius 1 is 1.33 bits per heavy atom. The molecule has 3 N–H and O–H groups in total. The van der Waals surface area contributed by atoms with E-state index in [1.807, 2.05) is 0 Å². The van der Waals surface area contributed by atoms with Gasteiger partial charge in [0.25, 0.3) is 0 Å². The van der Waals surface area contributed by atoms with Crippen LogP contribution >= 0.6 is 11.6 Å². The van der Waals surface area contributed by atoms with E-state index in [2.05, 4.69) is 4.72 Å². The molecule has 1 rings (SSSR count). The average molecular weight is 337 g/mol. The van der Waals surface area contributed by atoms with Crippen molar-refractivity contribution in [1.82, 2.24) is 4.72 Å². The molecule has 0 aromatic heterocycles. The van der Waals surface area contributed by atoms with Crippen molar-refractivity contribution >= 4 is 21.6 Å². The Morgan fingerprint density at radius 2 is 1.95 bits per heavy atom. The van der Waals surface area contributed by atoms with Crippen LogP contribution in [-0.4, -0.2) is 34.8 Å². The Kier molecular flexibility index (Phi) is 6.01. The van der Waals surface area contributed by atoms with Crippen LogP contribution in [0.25, 0.3) is 0 Å². The van der Waals surface area contributed by atoms with Crippen LogP contribution in [-0.2, 0) is 21.3 Å². The number of halogens is 1. The lowest BCUT2D eigenvalue weighted by Gasteiger charge is -2.23. The van der Waals surface area contributed by atoms with Crippen molar-refractivity contribution in [3.63, 3.8) is 0 Å². The van der Waals surface area contributed by atoms with Crippen LogP contribution in [0.5, 0.6) is 5.75 Å². The van der Waals surface area contributed by atoms with Crippen molar-refractivity contribution in [3.05, 3.63) is 22.7 Å². The maximum Gasteiger partial charge on any atom is 0.244 e. The predicted molar refractivity (Wildman–Crippen MR) is 82.2 cm³/mol. The molecule has 0 fully saturated rings. The van der Waals surface area contributed by atoms with Gasteiger partial charge in [-0.05, 0) is 26.0 Å². The summed E-state index contributed by atoms with van der Waals surface area (Å²) in [7, 11) is -0.892. The number of nitrogens with two attached hydrogens (primary N) is 1. The van der Waals surface area contributed by atoms with E-state index in [-0.39, 0.29) is 28.8 Å². The number of hydrogen-bond acceptors (Lipinski definition) is 5. The van der Waals surface area contributed by atoms with Crippen molar-refractivity contribution in [3.8, 4) is 5.75 Å². The molecule has 1 aromatic carbocycles. The third-order valence-corrected chi connectivity index (χ3v) is 4.68. The first kappa shape index (κ1) is 18.2. The van der Waals surface area contributed by atoms with Crippen LogP contribution in [0.4, 0.5) is 0 Å². The first-order valence-electron chi connectivity index (χ1n) is 6.28. The molecular weight excluding hydrogens is 316 g/mol. The third-order valence-electron chi connectivity index (χ3n) is 3.05. The van der Waals surface area contributed by atoms with Gasteiger partial charge < -0.3 is 15.2 Å². The molecule has 0 saturated carbocycles. The minimum atomic E-state index is -3.80. The standard InChI is InChI=1S/C13H21ClN2O4S/c1-13(2,20-4)8-16-21(17,18)11-6-10(14)5-9(7-15)12(11)19-3/h5-6,16H,7-8,15H2,1-4H3. The molecule has 8 heteroatoms. The number of rotatable bonds is 7. The molecule has 0 aliphatic carbocycles. The van der Waals surface area contributed by atoms with Crippen molar-refractivity contribution < 1.29 is 17.9 Å². The van der Waals surface area contributed by atoms with Gasteiger partial charge in [-0.25, -0.2) is 13.1 Å². The van der Waals surface area contributed by atoms with Crippen LogP contribution in [0.1, 0.15) is 19.4 Å². The summed E-state index contributed by atoms with van der Waals surface area (Å²) >= 11 is 5.95. The second-order valence-electron chi connectivity index (χ2n) is 5.09. The average Bonchev–Trinajstić information content (AvgIpc) is 2.44. The van der Waals surface area contributed by atoms with Crippen molar-refractivity contribution in [2.24, 2.45) is 5.73 Å². The fraction of sp³-hybridized carbons (Fsp3) is 0.538. The molecule has 6 nitrogen and oxygen atoms in total. The van der Waals surface area contributed by atoms with Crippen molar-refractivity contribution in [1.29, 1.82) is 0 Å². The third kappa shape index (κ3) is 4.55. The molecule has 0 bridgehead atoms. The van der Waals surface area contributed by atoms with Gasteiger partial charge in [0, 0.05) is 30.8 Å². The van der Waals surface area contributed by atoms with E-state index >= 15 is 0 Å². The van der Waals surface area contributed by atoms with Gasteiger partial charge in [-0.1, -0.05) is 11.6 Å². The first-order valence-corrected chi connectivity index (χ1v) is 8.14. The molecular formula is C13H21ClN2O4S. The fourth-order valence-corrected chi connectivity index (χ4v) is 3.36. The zero-order valence-electron chi connectivity index (χ0n) is 12.6. The molecule has 0 heterocycles. The van der Waals surface area contributed by atoms with E-state index in [1.54, 1.807) is 19.9 Å². The topological polar surface area (TPSA) is 90.7 Å². The summed E-state index contributed by atoms with van der Waals surface area (Å²) in [4.78, 5) is -0.0372. The van der Waals surface area contributed by atoms with Gasteiger partial charge in [0.05, 0.1) is 12.7 Å². The summed E-state index contributed by atoms with van der Waals surface area (Å²) in [5.74, 6) is 0.199. The maximum absolute atomic E-state index is 12.4. The lowest BCUT2D eigenvalue weighted by Crippen LogP contribution is -2.39. The van der Waals surface area contributed by atoms with Gasteiger partial charge in [-0.3, -0.25) is 0 Å². The summed E-state index contributed by atoms with van der Waals surface area (Å²) in [6.07, 6.45) is 0. The number of ether oxygens (including phenoxy) is 2. The zero-order valence-corrected chi connectivity index (χ0v) is 14.1. The number of benzene rings is 1. The van der Waals surface area contributed by atoms with Gasteiger partial charge in [0.1, 0.15) is 10.6 Å². The first-order chi connectivity index (χ1) is 9.66. The second kappa shape index (κ2) is 6.93. The minimum absolute atomic E-state index is 0.0372. The minimum Gasteiger partial charge on any atom is -0.495 e. The number of nitrogens with one attached hydrogen (secondary N) is 1. The van der Waals surface area contributed by atoms with Crippen LogP contribution in [0.3, 0.4) is 0 Å². The predicted octanol–water partition coefficient (Wildman–Crippen LogP) is 1.51. The summed E-state index contributed by atoms with van der Waals surface area (Å²) < 4.78 is 37.8. The largest absolute Gasteiger partial charge is 0.495 e. The highest BCUT2D eigenvalue weighted by atomic mass is 35.5. The molecule has 1 aromatic rings. The molecule has 21 heavy (non-hydrogen) atoms. The SMILES string of the molecule is COc1c(CN)cc(Cl)cc1S(=O)(=O)NCC(C)(C)OC. The van der Waals surface area contributed by atoms with E-state index < -0.39 is 15.6 Å². The lowest BCUT2D eigenvalue weighted by atomic mass is 10.1. The van der Waals surface area contributed by atoms with Crippen molar-refractivity contribution in [2.45, 2.75) is 30.9 Å². The summed E-state index contributed by atoms with van der Waals surface area (Å²) in [5.41, 5.74) is 5.49. The Hall–Kier alpha value is -0.860. The molecule has 0 atom stereocenters. The summed E-state index contributed by atoms with van der Waals surface area (Å²) in [5, 5.41) is 0.280. The molecule has 0 unspecified atom stereocenters. The van der Waals surface area contributed by atoms with Crippen LogP contribution in [0, 0.1) is 0 Å². The number of sulfonamides is 1. The monoisotopic (exact) mass is 336 g/mol. The van der Waals surface area contributed by atoms with Crippen molar-refractivity contribution in [2.75, 3.05) is 20.8 Å². The van der Waals surface area contributed by atoms with E-state index in [1.165, 1.54) is 20.3 Å². The van der Waals surface area contributed by atoms with Crippen LogP contribution in [0.2, 0.25) is 5.02 Å². The molecule has 0 aliphatic rings. The fourth-order valence-electron chi connectivity index (χ4n) is 1.62. The quantitative estimate of drug-likeness (QED) is 0.787. The lowest BCUT2D eigenvalue weighted by molar-refractivity contribution is 0.0276. The maximum atomic E-state index is 12.4.